The van der Waals surface area contributed by atoms with Crippen LogP contribution < -0.4 is 4.74 Å². The molecule has 25 heavy (non-hydrogen) atoms. The number of halogens is 1. The Morgan fingerprint density at radius 1 is 1.24 bits per heavy atom. The Balaban J connectivity index is 1.57. The zero-order chi connectivity index (χ0) is 17.6. The molecule has 136 valence electrons. The second kappa shape index (κ2) is 8.86. The van der Waals surface area contributed by atoms with Gasteiger partial charge in [0, 0.05) is 35.2 Å². The molecule has 2 heterocycles. The number of amides is 1. The van der Waals surface area contributed by atoms with E-state index in [4.69, 9.17) is 4.74 Å². The Hall–Kier alpha value is -1.33. The molecule has 2 saturated heterocycles. The van der Waals surface area contributed by atoms with E-state index in [1.165, 1.54) is 25.9 Å². The summed E-state index contributed by atoms with van der Waals surface area (Å²) in [5.41, 5.74) is 0.927. The van der Waals surface area contributed by atoms with Crippen molar-refractivity contribution in [1.29, 1.82) is 0 Å². The van der Waals surface area contributed by atoms with Crippen LogP contribution in [-0.4, -0.2) is 54.5 Å². The first-order valence-corrected chi connectivity index (χ1v) is 10.1. The zero-order valence-electron chi connectivity index (χ0n) is 14.9. The number of hydrogen-bond donors (Lipinski definition) is 0. The van der Waals surface area contributed by atoms with Gasteiger partial charge in [0.2, 0.25) is 5.91 Å². The molecule has 0 spiro atoms. The Labute approximate surface area is 159 Å². The molecule has 0 atom stereocenters. The van der Waals surface area contributed by atoms with Crippen LogP contribution in [0.4, 0.5) is 0 Å². The third-order valence-electron chi connectivity index (χ3n) is 5.11. The summed E-state index contributed by atoms with van der Waals surface area (Å²) in [6.45, 7) is 6.77. The molecular weight excluding hydrogens is 380 g/mol. The summed E-state index contributed by atoms with van der Waals surface area (Å²) < 4.78 is 6.62. The summed E-state index contributed by atoms with van der Waals surface area (Å²) >= 11 is 3.48. The lowest BCUT2D eigenvalue weighted by Gasteiger charge is -2.36. The smallest absolute Gasteiger partial charge is 0.246 e. The second-order valence-corrected chi connectivity index (χ2v) is 7.66. The molecule has 1 aromatic carbocycles. The van der Waals surface area contributed by atoms with E-state index >= 15 is 0 Å². The van der Waals surface area contributed by atoms with E-state index in [0.29, 0.717) is 12.6 Å². The summed E-state index contributed by atoms with van der Waals surface area (Å²) in [6, 6.07) is 6.53. The summed E-state index contributed by atoms with van der Waals surface area (Å²) in [6.07, 6.45) is 8.40. The molecular formula is C20H27BrN2O2. The molecule has 0 bridgehead atoms. The summed E-state index contributed by atoms with van der Waals surface area (Å²) in [4.78, 5) is 17.1. The lowest BCUT2D eigenvalue weighted by Crippen LogP contribution is -2.45. The fraction of sp³-hybridized carbons (Fsp3) is 0.550. The fourth-order valence-electron chi connectivity index (χ4n) is 3.76. The van der Waals surface area contributed by atoms with Crippen molar-refractivity contribution >= 4 is 27.9 Å². The van der Waals surface area contributed by atoms with Gasteiger partial charge < -0.3 is 14.5 Å². The van der Waals surface area contributed by atoms with Gasteiger partial charge in [0.25, 0.3) is 0 Å². The van der Waals surface area contributed by atoms with E-state index in [2.05, 4.69) is 20.8 Å². The van der Waals surface area contributed by atoms with Crippen LogP contribution in [0, 0.1) is 0 Å². The van der Waals surface area contributed by atoms with Crippen molar-refractivity contribution in [2.75, 3.05) is 32.8 Å². The lowest BCUT2D eigenvalue weighted by molar-refractivity contribution is -0.127. The number of nitrogens with zero attached hydrogens (tertiary/aromatic N) is 2. The Morgan fingerprint density at radius 2 is 1.96 bits per heavy atom. The predicted octanol–water partition coefficient (Wildman–Crippen LogP) is 3.95. The van der Waals surface area contributed by atoms with Crippen molar-refractivity contribution in [2.24, 2.45) is 0 Å². The molecule has 5 heteroatoms. The van der Waals surface area contributed by atoms with Crippen LogP contribution >= 0.6 is 15.9 Å². The maximum Gasteiger partial charge on any atom is 0.246 e. The highest BCUT2D eigenvalue weighted by Crippen LogP contribution is 2.25. The highest BCUT2D eigenvalue weighted by Gasteiger charge is 2.27. The Bertz CT molecular complexity index is 618. The van der Waals surface area contributed by atoms with Crippen molar-refractivity contribution in [2.45, 2.75) is 38.6 Å². The molecule has 2 aliphatic heterocycles. The minimum atomic E-state index is 0.0993. The maximum atomic E-state index is 12.5. The molecule has 1 aromatic rings. The van der Waals surface area contributed by atoms with Crippen LogP contribution in [0.3, 0.4) is 0 Å². The van der Waals surface area contributed by atoms with Crippen molar-refractivity contribution < 1.29 is 9.53 Å². The number of carbonyl (C=O) groups excluding carboxylic acids is 1. The number of piperidine rings is 1. The summed E-state index contributed by atoms with van der Waals surface area (Å²) in [5.74, 6) is 0.907. The van der Waals surface area contributed by atoms with Gasteiger partial charge in [-0.05, 0) is 70.0 Å². The molecule has 3 rings (SSSR count). The third kappa shape index (κ3) is 4.85. The molecule has 0 radical (unpaired) electrons. The predicted molar refractivity (Wildman–Crippen MR) is 105 cm³/mol. The first kappa shape index (κ1) is 18.5. The van der Waals surface area contributed by atoms with Crippen LogP contribution in [0.1, 0.15) is 38.2 Å². The van der Waals surface area contributed by atoms with Gasteiger partial charge in [-0.2, -0.15) is 0 Å². The molecule has 2 aliphatic rings. The first-order valence-electron chi connectivity index (χ1n) is 9.30. The molecule has 0 aromatic heterocycles. The van der Waals surface area contributed by atoms with Crippen LogP contribution in [0.2, 0.25) is 0 Å². The molecule has 0 aliphatic carbocycles. The fourth-order valence-corrected chi connectivity index (χ4v) is 4.14. The highest BCUT2D eigenvalue weighted by atomic mass is 79.9. The molecule has 1 amide bonds. The van der Waals surface area contributed by atoms with Crippen LogP contribution in [0.25, 0.3) is 6.08 Å². The molecule has 0 N–H and O–H groups in total. The highest BCUT2D eigenvalue weighted by molar-refractivity contribution is 9.10. The molecule has 0 unspecified atom stereocenters. The topological polar surface area (TPSA) is 32.8 Å². The van der Waals surface area contributed by atoms with E-state index in [1.54, 1.807) is 6.08 Å². The maximum absolute atomic E-state index is 12.5. The number of rotatable bonds is 5. The minimum Gasteiger partial charge on any atom is -0.493 e. The number of likely N-dealkylation sites (tertiary alicyclic amines) is 2. The molecule has 2 fully saturated rings. The van der Waals surface area contributed by atoms with E-state index in [0.717, 1.165) is 41.7 Å². The SMILES string of the molecule is CCOc1ccc(Br)cc1/C=C/C(=O)N1CCC(N2CCCC2)CC1. The number of hydrogen-bond acceptors (Lipinski definition) is 3. The van der Waals surface area contributed by atoms with E-state index < -0.39 is 0 Å². The first-order chi connectivity index (χ1) is 12.2. The largest absolute Gasteiger partial charge is 0.493 e. The van der Waals surface area contributed by atoms with Gasteiger partial charge in [0.1, 0.15) is 5.75 Å². The number of ether oxygens (including phenoxy) is 1. The minimum absolute atomic E-state index is 0.0993. The van der Waals surface area contributed by atoms with Crippen LogP contribution in [-0.2, 0) is 4.79 Å². The van der Waals surface area contributed by atoms with E-state index in [9.17, 15) is 4.79 Å². The lowest BCUT2D eigenvalue weighted by atomic mass is 10.0. The van der Waals surface area contributed by atoms with E-state index in [1.807, 2.05) is 36.1 Å². The quantitative estimate of drug-likeness (QED) is 0.693. The average Bonchev–Trinajstić information content (AvgIpc) is 3.16. The van der Waals surface area contributed by atoms with Crippen molar-refractivity contribution in [3.63, 3.8) is 0 Å². The number of benzene rings is 1. The molecule has 0 saturated carbocycles. The zero-order valence-corrected chi connectivity index (χ0v) is 16.5. The Morgan fingerprint density at radius 3 is 2.64 bits per heavy atom. The standard InChI is InChI=1S/C20H27BrN2O2/c1-2-25-19-7-6-17(21)15-16(19)5-8-20(24)23-13-9-18(10-14-23)22-11-3-4-12-22/h5-8,15,18H,2-4,9-14H2,1H3/b8-5+. The summed E-state index contributed by atoms with van der Waals surface area (Å²) in [5, 5.41) is 0. The Kier molecular flexibility index (Phi) is 6.54. The van der Waals surface area contributed by atoms with Gasteiger partial charge in [0.15, 0.2) is 0 Å². The van der Waals surface area contributed by atoms with Gasteiger partial charge in [0.05, 0.1) is 6.61 Å². The van der Waals surface area contributed by atoms with Gasteiger partial charge in [-0.25, -0.2) is 0 Å². The summed E-state index contributed by atoms with van der Waals surface area (Å²) in [7, 11) is 0. The van der Waals surface area contributed by atoms with Crippen LogP contribution in [0.15, 0.2) is 28.7 Å². The van der Waals surface area contributed by atoms with Crippen molar-refractivity contribution in [1.82, 2.24) is 9.80 Å². The van der Waals surface area contributed by atoms with Crippen molar-refractivity contribution in [3.05, 3.63) is 34.3 Å². The number of carbonyl (C=O) groups is 1. The average molecular weight is 407 g/mol. The van der Waals surface area contributed by atoms with Gasteiger partial charge >= 0.3 is 0 Å². The second-order valence-electron chi connectivity index (χ2n) is 6.75. The normalized spacial score (nSPS) is 19.7. The van der Waals surface area contributed by atoms with E-state index in [-0.39, 0.29) is 5.91 Å². The van der Waals surface area contributed by atoms with Crippen molar-refractivity contribution in [3.8, 4) is 5.75 Å². The third-order valence-corrected chi connectivity index (χ3v) is 5.60. The molecule has 4 nitrogen and oxygen atoms in total. The van der Waals surface area contributed by atoms with Crippen LogP contribution in [0.5, 0.6) is 5.75 Å². The van der Waals surface area contributed by atoms with Gasteiger partial charge in [-0.15, -0.1) is 0 Å². The van der Waals surface area contributed by atoms with Gasteiger partial charge in [-0.3, -0.25) is 4.79 Å². The monoisotopic (exact) mass is 406 g/mol. The van der Waals surface area contributed by atoms with Gasteiger partial charge in [-0.1, -0.05) is 15.9 Å².